The van der Waals surface area contributed by atoms with Crippen LogP contribution in [0.25, 0.3) is 0 Å². The number of carbonyl (C=O) groups excluding carboxylic acids is 1. The quantitative estimate of drug-likeness (QED) is 0.877. The SMILES string of the molecule is CC(NC1CCCC(C)C1C)C(=O)NCc1ccccc1F. The van der Waals surface area contributed by atoms with Crippen LogP contribution in [0.2, 0.25) is 0 Å². The molecule has 1 aromatic carbocycles. The summed E-state index contributed by atoms with van der Waals surface area (Å²) in [5, 5.41) is 6.26. The normalized spacial score (nSPS) is 26.5. The Morgan fingerprint density at radius 2 is 2.05 bits per heavy atom. The molecule has 4 heteroatoms. The van der Waals surface area contributed by atoms with Gasteiger partial charge in [-0.1, -0.05) is 44.9 Å². The highest BCUT2D eigenvalue weighted by Crippen LogP contribution is 2.29. The maximum absolute atomic E-state index is 13.5. The number of amides is 1. The van der Waals surface area contributed by atoms with E-state index in [1.165, 1.54) is 18.9 Å². The maximum atomic E-state index is 13.5. The number of nitrogens with one attached hydrogen (secondary N) is 2. The molecule has 2 rings (SSSR count). The molecule has 3 nitrogen and oxygen atoms in total. The van der Waals surface area contributed by atoms with Crippen molar-refractivity contribution in [1.29, 1.82) is 0 Å². The van der Waals surface area contributed by atoms with Crippen LogP contribution in [0.5, 0.6) is 0 Å². The van der Waals surface area contributed by atoms with Crippen LogP contribution >= 0.6 is 0 Å². The van der Waals surface area contributed by atoms with Gasteiger partial charge in [-0.15, -0.1) is 0 Å². The Labute approximate surface area is 132 Å². The average molecular weight is 306 g/mol. The van der Waals surface area contributed by atoms with Crippen LogP contribution < -0.4 is 10.6 Å². The number of hydrogen-bond donors (Lipinski definition) is 2. The van der Waals surface area contributed by atoms with Crippen LogP contribution in [-0.2, 0) is 11.3 Å². The lowest BCUT2D eigenvalue weighted by Gasteiger charge is -2.36. The highest BCUT2D eigenvalue weighted by molar-refractivity contribution is 5.81. The summed E-state index contributed by atoms with van der Waals surface area (Å²) in [6.45, 7) is 6.64. The molecule has 1 aliphatic rings. The highest BCUT2D eigenvalue weighted by Gasteiger charge is 2.29. The van der Waals surface area contributed by atoms with Crippen LogP contribution in [0.3, 0.4) is 0 Å². The largest absolute Gasteiger partial charge is 0.351 e. The Balaban J connectivity index is 1.83. The Kier molecular flexibility index (Phi) is 5.95. The smallest absolute Gasteiger partial charge is 0.237 e. The van der Waals surface area contributed by atoms with E-state index in [9.17, 15) is 9.18 Å². The van der Waals surface area contributed by atoms with Gasteiger partial charge in [0.1, 0.15) is 5.82 Å². The van der Waals surface area contributed by atoms with E-state index in [1.54, 1.807) is 18.2 Å². The lowest BCUT2D eigenvalue weighted by atomic mass is 9.78. The predicted octanol–water partition coefficient (Wildman–Crippen LogP) is 3.24. The fourth-order valence-corrected chi connectivity index (χ4v) is 3.19. The van der Waals surface area contributed by atoms with Crippen molar-refractivity contribution in [3.8, 4) is 0 Å². The third-order valence-electron chi connectivity index (χ3n) is 4.98. The van der Waals surface area contributed by atoms with Gasteiger partial charge in [0.2, 0.25) is 5.91 Å². The van der Waals surface area contributed by atoms with Gasteiger partial charge in [0, 0.05) is 18.2 Å². The van der Waals surface area contributed by atoms with Gasteiger partial charge in [-0.05, 0) is 31.2 Å². The fourth-order valence-electron chi connectivity index (χ4n) is 3.19. The molecule has 2 N–H and O–H groups in total. The predicted molar refractivity (Wildman–Crippen MR) is 86.8 cm³/mol. The first-order chi connectivity index (χ1) is 10.5. The molecule has 4 atom stereocenters. The van der Waals surface area contributed by atoms with Crippen LogP contribution in [0.4, 0.5) is 4.39 Å². The lowest BCUT2D eigenvalue weighted by molar-refractivity contribution is -0.123. The van der Waals surface area contributed by atoms with E-state index < -0.39 is 0 Å². The number of benzene rings is 1. The summed E-state index contributed by atoms with van der Waals surface area (Å²) in [5.41, 5.74) is 0.516. The molecule has 1 saturated carbocycles. The Hall–Kier alpha value is -1.42. The summed E-state index contributed by atoms with van der Waals surface area (Å²) in [7, 11) is 0. The van der Waals surface area contributed by atoms with E-state index in [1.807, 2.05) is 6.92 Å². The zero-order valence-electron chi connectivity index (χ0n) is 13.7. The molecule has 0 bridgehead atoms. The molecule has 0 aliphatic heterocycles. The minimum Gasteiger partial charge on any atom is -0.351 e. The number of halogens is 1. The van der Waals surface area contributed by atoms with E-state index in [0.717, 1.165) is 6.42 Å². The Bertz CT molecular complexity index is 506. The van der Waals surface area contributed by atoms with Gasteiger partial charge >= 0.3 is 0 Å². The van der Waals surface area contributed by atoms with Crippen molar-refractivity contribution in [2.45, 2.75) is 58.7 Å². The molecule has 1 fully saturated rings. The van der Waals surface area contributed by atoms with E-state index in [-0.39, 0.29) is 24.3 Å². The molecule has 1 aromatic rings. The molecule has 0 aromatic heterocycles. The van der Waals surface area contributed by atoms with Gasteiger partial charge < -0.3 is 10.6 Å². The van der Waals surface area contributed by atoms with E-state index in [4.69, 9.17) is 0 Å². The minimum absolute atomic E-state index is 0.0753. The molecule has 122 valence electrons. The second-order valence-corrected chi connectivity index (χ2v) is 6.57. The molecule has 0 spiro atoms. The molecule has 0 saturated heterocycles. The summed E-state index contributed by atoms with van der Waals surface area (Å²) in [6, 6.07) is 6.66. The monoisotopic (exact) mass is 306 g/mol. The highest BCUT2D eigenvalue weighted by atomic mass is 19.1. The topological polar surface area (TPSA) is 41.1 Å². The first kappa shape index (κ1) is 16.9. The van der Waals surface area contributed by atoms with Crippen LogP contribution in [0, 0.1) is 17.7 Å². The summed E-state index contributed by atoms with van der Waals surface area (Å²) in [4.78, 5) is 12.2. The van der Waals surface area contributed by atoms with E-state index in [2.05, 4.69) is 24.5 Å². The second-order valence-electron chi connectivity index (χ2n) is 6.57. The van der Waals surface area contributed by atoms with Gasteiger partial charge in [0.25, 0.3) is 0 Å². The molecule has 1 amide bonds. The van der Waals surface area contributed by atoms with Crippen molar-refractivity contribution in [3.05, 3.63) is 35.6 Å². The van der Waals surface area contributed by atoms with Crippen molar-refractivity contribution in [3.63, 3.8) is 0 Å². The van der Waals surface area contributed by atoms with Crippen molar-refractivity contribution >= 4 is 5.91 Å². The molecule has 0 heterocycles. The standard InChI is InChI=1S/C18H27FN2O/c1-12-7-6-10-17(13(12)2)21-14(3)18(22)20-11-15-8-4-5-9-16(15)19/h4-5,8-9,12-14,17,21H,6-7,10-11H2,1-3H3,(H,20,22). The first-order valence-electron chi connectivity index (χ1n) is 8.26. The molecule has 1 aliphatic carbocycles. The molecule has 22 heavy (non-hydrogen) atoms. The maximum Gasteiger partial charge on any atom is 0.237 e. The zero-order chi connectivity index (χ0) is 16.1. The Morgan fingerprint density at radius 3 is 2.77 bits per heavy atom. The van der Waals surface area contributed by atoms with E-state index in [0.29, 0.717) is 23.4 Å². The second kappa shape index (κ2) is 7.73. The third kappa shape index (κ3) is 4.29. The van der Waals surface area contributed by atoms with Crippen molar-refractivity contribution in [2.24, 2.45) is 11.8 Å². The van der Waals surface area contributed by atoms with Gasteiger partial charge in [-0.25, -0.2) is 4.39 Å². The van der Waals surface area contributed by atoms with Gasteiger partial charge in [-0.2, -0.15) is 0 Å². The minimum atomic E-state index is -0.280. The summed E-state index contributed by atoms with van der Waals surface area (Å²) in [6.07, 6.45) is 3.61. The summed E-state index contributed by atoms with van der Waals surface area (Å²) >= 11 is 0. The fraction of sp³-hybridized carbons (Fsp3) is 0.611. The molecule has 4 unspecified atom stereocenters. The lowest BCUT2D eigenvalue weighted by Crippen LogP contribution is -2.50. The van der Waals surface area contributed by atoms with Gasteiger partial charge in [-0.3, -0.25) is 4.79 Å². The van der Waals surface area contributed by atoms with Gasteiger partial charge in [0.05, 0.1) is 6.04 Å². The van der Waals surface area contributed by atoms with E-state index >= 15 is 0 Å². The molecular formula is C18H27FN2O. The summed E-state index contributed by atoms with van der Waals surface area (Å²) < 4.78 is 13.5. The van der Waals surface area contributed by atoms with Gasteiger partial charge in [0.15, 0.2) is 0 Å². The first-order valence-corrected chi connectivity index (χ1v) is 8.26. The molecular weight excluding hydrogens is 279 g/mol. The number of rotatable bonds is 5. The average Bonchev–Trinajstić information content (AvgIpc) is 2.50. The number of carbonyl (C=O) groups is 1. The van der Waals surface area contributed by atoms with Crippen molar-refractivity contribution in [1.82, 2.24) is 10.6 Å². The van der Waals surface area contributed by atoms with Crippen molar-refractivity contribution < 1.29 is 9.18 Å². The van der Waals surface area contributed by atoms with Crippen LogP contribution in [0.1, 0.15) is 45.6 Å². The van der Waals surface area contributed by atoms with Crippen LogP contribution in [-0.4, -0.2) is 18.0 Å². The zero-order valence-corrected chi connectivity index (χ0v) is 13.7. The Morgan fingerprint density at radius 1 is 1.32 bits per heavy atom. The number of hydrogen-bond acceptors (Lipinski definition) is 2. The summed E-state index contributed by atoms with van der Waals surface area (Å²) in [5.74, 6) is 0.919. The van der Waals surface area contributed by atoms with Crippen LogP contribution in [0.15, 0.2) is 24.3 Å². The van der Waals surface area contributed by atoms with Crippen molar-refractivity contribution in [2.75, 3.05) is 0 Å². The molecule has 0 radical (unpaired) electrons. The third-order valence-corrected chi connectivity index (χ3v) is 4.98.